The summed E-state index contributed by atoms with van der Waals surface area (Å²) in [6, 6.07) is 8.95. The smallest absolute Gasteiger partial charge is 0.222 e. The van der Waals surface area contributed by atoms with Gasteiger partial charge in [0.2, 0.25) is 5.28 Å². The third-order valence-corrected chi connectivity index (χ3v) is 3.01. The van der Waals surface area contributed by atoms with Crippen LogP contribution in [0.5, 0.6) is 0 Å². The molecule has 0 bridgehead atoms. The quantitative estimate of drug-likeness (QED) is 0.638. The number of aromatic nitrogens is 2. The molecule has 0 spiro atoms. The second-order valence-corrected chi connectivity index (χ2v) is 4.59. The SMILES string of the molecule is O=CC(Cc1ccnc(Cl)n1)c1ccc(Cl)cc1. The Bertz CT molecular complexity index is 543. The average molecular weight is 281 g/mol. The summed E-state index contributed by atoms with van der Waals surface area (Å²) >= 11 is 11.5. The maximum Gasteiger partial charge on any atom is 0.222 e. The molecule has 92 valence electrons. The zero-order chi connectivity index (χ0) is 13.0. The molecule has 0 fully saturated rings. The third kappa shape index (κ3) is 3.28. The Morgan fingerprint density at radius 1 is 1.17 bits per heavy atom. The van der Waals surface area contributed by atoms with Crippen molar-refractivity contribution in [3.8, 4) is 0 Å². The van der Waals surface area contributed by atoms with Gasteiger partial charge in [0.15, 0.2) is 0 Å². The molecule has 1 unspecified atom stereocenters. The Labute approximate surface area is 115 Å². The van der Waals surface area contributed by atoms with Crippen LogP contribution in [0.1, 0.15) is 17.2 Å². The van der Waals surface area contributed by atoms with E-state index in [4.69, 9.17) is 23.2 Å². The highest BCUT2D eigenvalue weighted by Gasteiger charge is 2.12. The number of hydrogen-bond donors (Lipinski definition) is 0. The molecular weight excluding hydrogens is 271 g/mol. The minimum absolute atomic E-state index is 0.188. The van der Waals surface area contributed by atoms with Gasteiger partial charge in [0.25, 0.3) is 0 Å². The van der Waals surface area contributed by atoms with Crippen LogP contribution in [0.4, 0.5) is 0 Å². The summed E-state index contributed by atoms with van der Waals surface area (Å²) in [6.07, 6.45) is 2.97. The summed E-state index contributed by atoms with van der Waals surface area (Å²) in [5.74, 6) is -0.256. The minimum atomic E-state index is -0.256. The Morgan fingerprint density at radius 2 is 1.89 bits per heavy atom. The summed E-state index contributed by atoms with van der Waals surface area (Å²) in [4.78, 5) is 19.0. The van der Waals surface area contributed by atoms with E-state index >= 15 is 0 Å². The predicted octanol–water partition coefficient (Wildman–Crippen LogP) is 3.31. The normalized spacial score (nSPS) is 12.1. The lowest BCUT2D eigenvalue weighted by Gasteiger charge is -2.10. The first-order valence-electron chi connectivity index (χ1n) is 5.37. The van der Waals surface area contributed by atoms with Gasteiger partial charge in [-0.15, -0.1) is 0 Å². The minimum Gasteiger partial charge on any atom is -0.303 e. The summed E-state index contributed by atoms with van der Waals surface area (Å²) in [5, 5.41) is 0.835. The lowest BCUT2D eigenvalue weighted by molar-refractivity contribution is -0.109. The molecule has 3 nitrogen and oxygen atoms in total. The molecular formula is C13H10Cl2N2O. The maximum absolute atomic E-state index is 11.2. The van der Waals surface area contributed by atoms with Crippen molar-refractivity contribution in [2.45, 2.75) is 12.3 Å². The molecule has 0 radical (unpaired) electrons. The van der Waals surface area contributed by atoms with Crippen molar-refractivity contribution < 1.29 is 4.79 Å². The highest BCUT2D eigenvalue weighted by atomic mass is 35.5. The van der Waals surface area contributed by atoms with Crippen molar-refractivity contribution in [2.24, 2.45) is 0 Å². The number of benzene rings is 1. The lowest BCUT2D eigenvalue weighted by atomic mass is 9.96. The van der Waals surface area contributed by atoms with Crippen LogP contribution in [0.3, 0.4) is 0 Å². The number of halogens is 2. The summed E-state index contributed by atoms with van der Waals surface area (Å²) < 4.78 is 0. The fraction of sp³-hybridized carbons (Fsp3) is 0.154. The zero-order valence-electron chi connectivity index (χ0n) is 9.38. The first kappa shape index (κ1) is 13.0. The van der Waals surface area contributed by atoms with Gasteiger partial charge in [0.05, 0.1) is 0 Å². The highest BCUT2D eigenvalue weighted by molar-refractivity contribution is 6.30. The molecule has 1 aromatic heterocycles. The van der Waals surface area contributed by atoms with Crippen molar-refractivity contribution in [3.05, 3.63) is 58.1 Å². The summed E-state index contributed by atoms with van der Waals surface area (Å²) in [7, 11) is 0. The fourth-order valence-corrected chi connectivity index (χ4v) is 1.95. The molecule has 0 aliphatic rings. The number of nitrogens with zero attached hydrogens (tertiary/aromatic N) is 2. The van der Waals surface area contributed by atoms with Gasteiger partial charge >= 0.3 is 0 Å². The van der Waals surface area contributed by atoms with E-state index in [9.17, 15) is 4.79 Å². The van der Waals surface area contributed by atoms with Crippen LogP contribution >= 0.6 is 23.2 Å². The number of carbonyl (C=O) groups excluding carboxylic acids is 1. The van der Waals surface area contributed by atoms with E-state index in [0.29, 0.717) is 11.4 Å². The Morgan fingerprint density at radius 3 is 2.50 bits per heavy atom. The Balaban J connectivity index is 2.19. The molecule has 18 heavy (non-hydrogen) atoms. The molecule has 1 heterocycles. The van der Waals surface area contributed by atoms with E-state index in [-0.39, 0.29) is 11.2 Å². The molecule has 0 aliphatic heterocycles. The van der Waals surface area contributed by atoms with Gasteiger partial charge in [-0.25, -0.2) is 9.97 Å². The van der Waals surface area contributed by atoms with Gasteiger partial charge in [-0.1, -0.05) is 23.7 Å². The topological polar surface area (TPSA) is 42.9 Å². The van der Waals surface area contributed by atoms with Crippen molar-refractivity contribution in [1.29, 1.82) is 0 Å². The standard InChI is InChI=1S/C13H10Cl2N2O/c14-11-3-1-9(2-4-11)10(8-18)7-12-5-6-16-13(15)17-12/h1-6,8,10H,7H2. The van der Waals surface area contributed by atoms with Crippen LogP contribution in [-0.2, 0) is 11.2 Å². The van der Waals surface area contributed by atoms with Gasteiger partial charge < -0.3 is 4.79 Å². The van der Waals surface area contributed by atoms with Crippen LogP contribution in [0, 0.1) is 0 Å². The summed E-state index contributed by atoms with van der Waals surface area (Å²) in [5.41, 5.74) is 1.64. The van der Waals surface area contributed by atoms with E-state index < -0.39 is 0 Å². The largest absolute Gasteiger partial charge is 0.303 e. The third-order valence-electron chi connectivity index (χ3n) is 2.58. The first-order valence-corrected chi connectivity index (χ1v) is 6.13. The Kier molecular flexibility index (Phi) is 4.28. The molecule has 0 amide bonds. The summed E-state index contributed by atoms with van der Waals surface area (Å²) in [6.45, 7) is 0. The molecule has 0 saturated heterocycles. The molecule has 1 aromatic carbocycles. The lowest BCUT2D eigenvalue weighted by Crippen LogP contribution is -2.06. The van der Waals surface area contributed by atoms with E-state index in [1.807, 2.05) is 12.1 Å². The zero-order valence-corrected chi connectivity index (χ0v) is 10.9. The number of rotatable bonds is 4. The van der Waals surface area contributed by atoms with Crippen molar-refractivity contribution in [2.75, 3.05) is 0 Å². The predicted molar refractivity (Wildman–Crippen MR) is 71.0 cm³/mol. The van der Waals surface area contributed by atoms with Crippen LogP contribution in [0.2, 0.25) is 10.3 Å². The second-order valence-electron chi connectivity index (χ2n) is 3.82. The average Bonchev–Trinajstić information content (AvgIpc) is 2.37. The van der Waals surface area contributed by atoms with Crippen LogP contribution in [0.15, 0.2) is 36.5 Å². The van der Waals surface area contributed by atoms with E-state index in [1.165, 1.54) is 0 Å². The number of carbonyl (C=O) groups is 1. The Hall–Kier alpha value is -1.45. The van der Waals surface area contributed by atoms with Gasteiger partial charge in [-0.2, -0.15) is 0 Å². The molecule has 2 rings (SSSR count). The molecule has 0 N–H and O–H groups in total. The molecule has 2 aromatic rings. The fourth-order valence-electron chi connectivity index (χ4n) is 1.66. The van der Waals surface area contributed by atoms with E-state index in [2.05, 4.69) is 9.97 Å². The molecule has 1 atom stereocenters. The van der Waals surface area contributed by atoms with Gasteiger partial charge in [-0.3, -0.25) is 0 Å². The van der Waals surface area contributed by atoms with Crippen molar-refractivity contribution in [1.82, 2.24) is 9.97 Å². The van der Waals surface area contributed by atoms with E-state index in [0.717, 1.165) is 17.5 Å². The monoisotopic (exact) mass is 280 g/mol. The van der Waals surface area contributed by atoms with Gasteiger partial charge in [0, 0.05) is 29.3 Å². The van der Waals surface area contributed by atoms with Crippen LogP contribution in [-0.4, -0.2) is 16.3 Å². The highest BCUT2D eigenvalue weighted by Crippen LogP contribution is 2.20. The van der Waals surface area contributed by atoms with Gasteiger partial charge in [-0.05, 0) is 35.4 Å². The maximum atomic E-state index is 11.2. The molecule has 0 aliphatic carbocycles. The van der Waals surface area contributed by atoms with Crippen LogP contribution in [0.25, 0.3) is 0 Å². The molecule has 0 saturated carbocycles. The van der Waals surface area contributed by atoms with Crippen molar-refractivity contribution in [3.63, 3.8) is 0 Å². The second kappa shape index (κ2) is 5.94. The molecule has 5 heteroatoms. The first-order chi connectivity index (χ1) is 8.69. The van der Waals surface area contributed by atoms with Gasteiger partial charge in [0.1, 0.15) is 6.29 Å². The van der Waals surface area contributed by atoms with Crippen LogP contribution < -0.4 is 0 Å². The van der Waals surface area contributed by atoms with Crippen molar-refractivity contribution >= 4 is 29.5 Å². The number of aldehydes is 1. The number of hydrogen-bond acceptors (Lipinski definition) is 3. The van der Waals surface area contributed by atoms with E-state index in [1.54, 1.807) is 24.4 Å².